The lowest BCUT2D eigenvalue weighted by Gasteiger charge is -2.01. The third-order valence-corrected chi connectivity index (χ3v) is 1.54. The Morgan fingerprint density at radius 3 is 2.70 bits per heavy atom. The van der Waals surface area contributed by atoms with Gasteiger partial charge in [-0.3, -0.25) is 0 Å². The molecule has 0 bridgehead atoms. The molecule has 0 unspecified atom stereocenters. The highest BCUT2D eigenvalue weighted by Gasteiger charge is 1.92. The molecule has 2 heteroatoms. The topological polar surface area (TPSA) is 35.8 Å². The molecule has 0 saturated heterocycles. The first-order valence-corrected chi connectivity index (χ1v) is 3.28. The maximum atomic E-state index is 6.79. The Labute approximate surface area is 61.0 Å². The fraction of sp³-hybridized carbons (Fsp3) is 0.250. The molecule has 0 amide bonds. The second kappa shape index (κ2) is 3.34. The molecule has 53 valence electrons. The maximum Gasteiger partial charge on any atom is 0.0367 e. The second-order valence-electron chi connectivity index (χ2n) is 2.28. The quantitative estimate of drug-likeness (QED) is 0.609. The highest BCUT2D eigenvalue weighted by atomic mass is 15.2. The predicted octanol–water partition coefficient (Wildman–Crippen LogP) is 1.28. The molecule has 1 aromatic carbocycles. The third-order valence-electron chi connectivity index (χ3n) is 1.54. The molecule has 2 N–H and O–H groups in total. The summed E-state index contributed by atoms with van der Waals surface area (Å²) in [6, 6.07) is 8.06. The van der Waals surface area contributed by atoms with Crippen LogP contribution in [-0.4, -0.2) is 0 Å². The van der Waals surface area contributed by atoms with E-state index in [0.717, 1.165) is 0 Å². The Kier molecular flexibility index (Phi) is 2.42. The molecule has 0 atom stereocenters. The highest BCUT2D eigenvalue weighted by Crippen LogP contribution is 2.05. The van der Waals surface area contributed by atoms with Gasteiger partial charge in [0.25, 0.3) is 0 Å². The van der Waals surface area contributed by atoms with E-state index >= 15 is 0 Å². The van der Waals surface area contributed by atoms with Crippen molar-refractivity contribution in [2.24, 2.45) is 0 Å². The molecule has 2 nitrogen and oxygen atoms in total. The van der Waals surface area contributed by atoms with Gasteiger partial charge in [-0.25, -0.2) is 5.43 Å². The molecule has 1 rings (SSSR count). The summed E-state index contributed by atoms with van der Waals surface area (Å²) in [5.74, 6) is 6.79. The van der Waals surface area contributed by atoms with Gasteiger partial charge in [0.2, 0.25) is 0 Å². The van der Waals surface area contributed by atoms with Crippen LogP contribution in [0.3, 0.4) is 0 Å². The Balaban J connectivity index is 2.81. The Bertz CT molecular complexity index is 208. The fourth-order valence-corrected chi connectivity index (χ4v) is 0.904. The first kappa shape index (κ1) is 7.25. The summed E-state index contributed by atoms with van der Waals surface area (Å²) in [6.45, 7) is 2.68. The van der Waals surface area contributed by atoms with Gasteiger partial charge in [0, 0.05) is 6.54 Å². The van der Waals surface area contributed by atoms with E-state index in [4.69, 9.17) is 5.84 Å². The van der Waals surface area contributed by atoms with Gasteiger partial charge in [-0.15, -0.1) is 0 Å². The van der Waals surface area contributed by atoms with E-state index in [2.05, 4.69) is 5.43 Å². The number of hydrogen-bond donors (Lipinski definition) is 1. The van der Waals surface area contributed by atoms with Crippen LogP contribution in [0.2, 0.25) is 0 Å². The van der Waals surface area contributed by atoms with E-state index in [1.807, 2.05) is 31.2 Å². The maximum absolute atomic E-state index is 6.79. The van der Waals surface area contributed by atoms with E-state index in [1.165, 1.54) is 11.1 Å². The lowest BCUT2D eigenvalue weighted by atomic mass is 10.1. The number of benzene rings is 1. The lowest BCUT2D eigenvalue weighted by molar-refractivity contribution is 0.711. The van der Waals surface area contributed by atoms with E-state index in [9.17, 15) is 0 Å². The van der Waals surface area contributed by atoms with E-state index < -0.39 is 0 Å². The van der Waals surface area contributed by atoms with Crippen LogP contribution in [0, 0.1) is 6.92 Å². The number of hydrogen-bond acceptors (Lipinski definition) is 1. The minimum Gasteiger partial charge on any atom is -0.239 e. The largest absolute Gasteiger partial charge is 0.239 e. The van der Waals surface area contributed by atoms with E-state index in [-0.39, 0.29) is 0 Å². The van der Waals surface area contributed by atoms with Gasteiger partial charge >= 0.3 is 0 Å². The van der Waals surface area contributed by atoms with Crippen molar-refractivity contribution < 1.29 is 0 Å². The standard InChI is InChI=1S/C8H11N2/c1-7-4-2-3-5-8(7)6-10-9/h2-5,9-10H,6H2,1H3. The van der Waals surface area contributed by atoms with Crippen molar-refractivity contribution in [3.8, 4) is 0 Å². The van der Waals surface area contributed by atoms with Crippen LogP contribution in [0.5, 0.6) is 0 Å². The van der Waals surface area contributed by atoms with Crippen LogP contribution in [0.25, 0.3) is 0 Å². The van der Waals surface area contributed by atoms with Gasteiger partial charge in [-0.05, 0) is 18.1 Å². The average Bonchev–Trinajstić information content (AvgIpc) is 1.94. The van der Waals surface area contributed by atoms with Crippen LogP contribution in [0.1, 0.15) is 11.1 Å². The zero-order chi connectivity index (χ0) is 7.40. The number of rotatable bonds is 2. The first-order chi connectivity index (χ1) is 4.84. The molecule has 1 radical (unpaired) electrons. The molecular weight excluding hydrogens is 124 g/mol. The van der Waals surface area contributed by atoms with E-state index in [1.54, 1.807) is 0 Å². The molecule has 1 aromatic rings. The van der Waals surface area contributed by atoms with Crippen molar-refractivity contribution >= 4 is 0 Å². The molecule has 0 heterocycles. The zero-order valence-corrected chi connectivity index (χ0v) is 6.02. The molecule has 0 aliphatic rings. The first-order valence-electron chi connectivity index (χ1n) is 3.28. The van der Waals surface area contributed by atoms with Gasteiger partial charge in [-0.2, -0.15) is 5.84 Å². The molecule has 10 heavy (non-hydrogen) atoms. The van der Waals surface area contributed by atoms with Crippen molar-refractivity contribution in [3.63, 3.8) is 0 Å². The fourth-order valence-electron chi connectivity index (χ4n) is 0.904. The zero-order valence-electron chi connectivity index (χ0n) is 6.02. The van der Waals surface area contributed by atoms with Gasteiger partial charge in [0.15, 0.2) is 0 Å². The average molecular weight is 135 g/mol. The van der Waals surface area contributed by atoms with E-state index in [0.29, 0.717) is 6.54 Å². The summed E-state index contributed by atoms with van der Waals surface area (Å²) >= 11 is 0. The van der Waals surface area contributed by atoms with Crippen LogP contribution in [-0.2, 0) is 6.54 Å². The SMILES string of the molecule is Cc1ccccc1CN[NH]. The highest BCUT2D eigenvalue weighted by molar-refractivity contribution is 5.24. The molecule has 0 saturated carbocycles. The van der Waals surface area contributed by atoms with Crippen molar-refractivity contribution in [1.82, 2.24) is 11.3 Å². The summed E-state index contributed by atoms with van der Waals surface area (Å²) in [4.78, 5) is 0. The molecule has 0 aromatic heterocycles. The molecular formula is C8H11N2. The van der Waals surface area contributed by atoms with Gasteiger partial charge in [0.05, 0.1) is 0 Å². The minimum absolute atomic E-state index is 0.632. The van der Waals surface area contributed by atoms with Gasteiger partial charge < -0.3 is 0 Å². The summed E-state index contributed by atoms with van der Waals surface area (Å²) in [5, 5.41) is 0. The van der Waals surface area contributed by atoms with Crippen molar-refractivity contribution in [2.45, 2.75) is 13.5 Å². The second-order valence-corrected chi connectivity index (χ2v) is 2.28. The Hall–Kier alpha value is -0.860. The van der Waals surface area contributed by atoms with Crippen molar-refractivity contribution in [1.29, 1.82) is 0 Å². The third kappa shape index (κ3) is 1.56. The normalized spacial score (nSPS) is 9.80. The van der Waals surface area contributed by atoms with Crippen LogP contribution in [0.4, 0.5) is 0 Å². The van der Waals surface area contributed by atoms with Crippen LogP contribution in [0.15, 0.2) is 24.3 Å². The summed E-state index contributed by atoms with van der Waals surface area (Å²) < 4.78 is 0. The van der Waals surface area contributed by atoms with Crippen molar-refractivity contribution in [3.05, 3.63) is 35.4 Å². The predicted molar refractivity (Wildman–Crippen MR) is 41.1 cm³/mol. The Morgan fingerprint density at radius 1 is 1.40 bits per heavy atom. The smallest absolute Gasteiger partial charge is 0.0367 e. The molecule has 0 aliphatic carbocycles. The minimum atomic E-state index is 0.632. The molecule has 0 fully saturated rings. The lowest BCUT2D eigenvalue weighted by Crippen LogP contribution is -2.09. The molecule has 0 aliphatic heterocycles. The summed E-state index contributed by atoms with van der Waals surface area (Å²) in [7, 11) is 0. The van der Waals surface area contributed by atoms with Gasteiger partial charge in [-0.1, -0.05) is 24.3 Å². The summed E-state index contributed by atoms with van der Waals surface area (Å²) in [5.41, 5.74) is 4.81. The monoisotopic (exact) mass is 135 g/mol. The number of nitrogens with one attached hydrogen (secondary N) is 2. The molecule has 0 spiro atoms. The van der Waals surface area contributed by atoms with Crippen molar-refractivity contribution in [2.75, 3.05) is 0 Å². The Morgan fingerprint density at radius 2 is 2.10 bits per heavy atom. The van der Waals surface area contributed by atoms with Crippen LogP contribution >= 0.6 is 0 Å². The summed E-state index contributed by atoms with van der Waals surface area (Å²) in [6.07, 6.45) is 0. The van der Waals surface area contributed by atoms with Gasteiger partial charge in [0.1, 0.15) is 0 Å². The van der Waals surface area contributed by atoms with Crippen LogP contribution < -0.4 is 11.3 Å². The number of aryl methyl sites for hydroxylation is 1.